The Bertz CT molecular complexity index is 658. The molecule has 0 amide bonds. The van der Waals surface area contributed by atoms with E-state index in [2.05, 4.69) is 0 Å². The summed E-state index contributed by atoms with van der Waals surface area (Å²) in [5, 5.41) is 0. The van der Waals surface area contributed by atoms with Crippen molar-refractivity contribution in [3.05, 3.63) is 21.4 Å². The predicted octanol–water partition coefficient (Wildman–Crippen LogP) is 4.57. The molecular weight excluding hydrogens is 332 g/mol. The third-order valence-corrected chi connectivity index (χ3v) is 8.38. The minimum absolute atomic E-state index is 0.0203. The van der Waals surface area contributed by atoms with Gasteiger partial charge in [-0.15, -0.1) is 11.3 Å². The second kappa shape index (κ2) is 5.94. The van der Waals surface area contributed by atoms with Crippen molar-refractivity contribution in [1.82, 2.24) is 0 Å². The summed E-state index contributed by atoms with van der Waals surface area (Å²) in [6, 6.07) is 2.00. The Labute approximate surface area is 153 Å². The molecule has 4 fully saturated rings. The third kappa shape index (κ3) is 2.77. The molecule has 1 heterocycles. The zero-order chi connectivity index (χ0) is 17.0. The number of hydrogen-bond donors (Lipinski definition) is 0. The Morgan fingerprint density at radius 3 is 2.32 bits per heavy atom. The molecule has 134 valence electrons. The molecule has 6 rings (SSSR count). The maximum atomic E-state index is 13.0. The predicted molar refractivity (Wildman–Crippen MR) is 96.9 cm³/mol. The Kier molecular flexibility index (Phi) is 3.81. The van der Waals surface area contributed by atoms with Gasteiger partial charge in [-0.1, -0.05) is 0 Å². The number of carbonyl (C=O) groups is 2. The van der Waals surface area contributed by atoms with Crippen LogP contribution in [0.4, 0.5) is 0 Å². The molecule has 5 aliphatic rings. The van der Waals surface area contributed by atoms with Crippen LogP contribution in [0.2, 0.25) is 0 Å². The Hall–Kier alpha value is -1.16. The van der Waals surface area contributed by atoms with E-state index in [1.807, 2.05) is 6.07 Å². The number of fused-ring (bicyclic) bond motifs is 1. The third-order valence-electron chi connectivity index (χ3n) is 7.16. The van der Waals surface area contributed by atoms with Crippen LogP contribution in [-0.4, -0.2) is 18.4 Å². The van der Waals surface area contributed by atoms with Crippen LogP contribution in [0.1, 0.15) is 71.5 Å². The van der Waals surface area contributed by atoms with E-state index < -0.39 is 0 Å². The lowest BCUT2D eigenvalue weighted by atomic mass is 9.48. The molecule has 25 heavy (non-hydrogen) atoms. The first kappa shape index (κ1) is 16.0. The maximum absolute atomic E-state index is 13.0. The van der Waals surface area contributed by atoms with Gasteiger partial charge in [-0.25, -0.2) is 4.79 Å². The Balaban J connectivity index is 1.24. The number of rotatable bonds is 4. The Morgan fingerprint density at radius 2 is 1.68 bits per heavy atom. The van der Waals surface area contributed by atoms with Crippen LogP contribution in [0.25, 0.3) is 0 Å². The number of ketones is 1. The molecule has 0 aliphatic heterocycles. The van der Waals surface area contributed by atoms with E-state index in [1.54, 1.807) is 11.3 Å². The van der Waals surface area contributed by atoms with Crippen LogP contribution < -0.4 is 0 Å². The molecule has 5 aliphatic carbocycles. The lowest BCUT2D eigenvalue weighted by Gasteiger charge is -2.55. The number of aryl methyl sites for hydroxylation is 2. The van der Waals surface area contributed by atoms with Crippen molar-refractivity contribution in [1.29, 1.82) is 0 Å². The largest absolute Gasteiger partial charge is 0.453 e. The molecule has 0 saturated heterocycles. The second-order valence-electron chi connectivity index (χ2n) is 8.96. The molecule has 0 N–H and O–H groups in total. The number of ether oxygens (including phenoxy) is 1. The molecule has 1 aromatic rings. The highest BCUT2D eigenvalue weighted by atomic mass is 32.1. The van der Waals surface area contributed by atoms with Gasteiger partial charge >= 0.3 is 5.97 Å². The summed E-state index contributed by atoms with van der Waals surface area (Å²) in [6.45, 7) is -0.0203. The zero-order valence-electron chi connectivity index (χ0n) is 14.7. The van der Waals surface area contributed by atoms with Crippen molar-refractivity contribution in [3.8, 4) is 0 Å². The highest BCUT2D eigenvalue weighted by molar-refractivity contribution is 7.14. The standard InChI is InChI=1S/C21H26O3S/c22-19(21-9-13-5-14(10-21)7-15(6-13)11-21)12-24-20(23)18-8-16-3-1-2-4-17(16)25-18/h8,13-15H,1-7,9-12H2. The summed E-state index contributed by atoms with van der Waals surface area (Å²) in [6.07, 6.45) is 11.7. The average molecular weight is 359 g/mol. The fraction of sp³-hybridized carbons (Fsp3) is 0.714. The van der Waals surface area contributed by atoms with Crippen molar-refractivity contribution < 1.29 is 14.3 Å². The second-order valence-corrected chi connectivity index (χ2v) is 10.1. The van der Waals surface area contributed by atoms with Crippen LogP contribution >= 0.6 is 11.3 Å². The van der Waals surface area contributed by atoms with E-state index in [-0.39, 0.29) is 23.8 Å². The van der Waals surface area contributed by atoms with Gasteiger partial charge in [-0.2, -0.15) is 0 Å². The minimum atomic E-state index is -0.294. The molecule has 4 saturated carbocycles. The van der Waals surface area contributed by atoms with Crippen molar-refractivity contribution >= 4 is 23.1 Å². The van der Waals surface area contributed by atoms with Gasteiger partial charge in [0.25, 0.3) is 0 Å². The van der Waals surface area contributed by atoms with E-state index in [4.69, 9.17) is 4.74 Å². The first-order valence-electron chi connectivity index (χ1n) is 9.93. The Morgan fingerprint density at radius 1 is 1.04 bits per heavy atom. The van der Waals surface area contributed by atoms with Crippen molar-refractivity contribution in [2.75, 3.05) is 6.61 Å². The number of thiophene rings is 1. The molecule has 0 unspecified atom stereocenters. The van der Waals surface area contributed by atoms with Crippen molar-refractivity contribution in [2.45, 2.75) is 64.2 Å². The molecule has 1 aromatic heterocycles. The summed E-state index contributed by atoms with van der Waals surface area (Å²) in [5.74, 6) is 2.14. The van der Waals surface area contributed by atoms with E-state index >= 15 is 0 Å². The van der Waals surface area contributed by atoms with Gasteiger partial charge in [0, 0.05) is 10.3 Å². The normalized spacial score (nSPS) is 35.4. The van der Waals surface area contributed by atoms with E-state index in [0.717, 1.165) is 49.9 Å². The molecule has 4 bridgehead atoms. The fourth-order valence-electron chi connectivity index (χ4n) is 6.40. The number of Topliss-reactive ketones (excluding diaryl/α,β-unsaturated/α-hetero) is 1. The summed E-state index contributed by atoms with van der Waals surface area (Å²) in [5.41, 5.74) is 1.15. The van der Waals surface area contributed by atoms with Gasteiger partial charge in [0.15, 0.2) is 12.4 Å². The topological polar surface area (TPSA) is 43.4 Å². The smallest absolute Gasteiger partial charge is 0.348 e. The van der Waals surface area contributed by atoms with Crippen molar-refractivity contribution in [2.24, 2.45) is 23.2 Å². The highest BCUT2D eigenvalue weighted by Gasteiger charge is 2.54. The van der Waals surface area contributed by atoms with Crippen LogP contribution in [-0.2, 0) is 22.4 Å². The zero-order valence-corrected chi connectivity index (χ0v) is 15.5. The van der Waals surface area contributed by atoms with Crippen LogP contribution in [0.5, 0.6) is 0 Å². The van der Waals surface area contributed by atoms with Gasteiger partial charge in [0.1, 0.15) is 4.88 Å². The van der Waals surface area contributed by atoms with Crippen LogP contribution in [0, 0.1) is 23.2 Å². The lowest BCUT2D eigenvalue weighted by molar-refractivity contribution is -0.147. The summed E-state index contributed by atoms with van der Waals surface area (Å²) >= 11 is 1.57. The van der Waals surface area contributed by atoms with Crippen molar-refractivity contribution in [3.63, 3.8) is 0 Å². The lowest BCUT2D eigenvalue weighted by Crippen LogP contribution is -2.51. The van der Waals surface area contributed by atoms with E-state index in [9.17, 15) is 9.59 Å². The maximum Gasteiger partial charge on any atom is 0.348 e. The molecule has 0 aromatic carbocycles. The number of carbonyl (C=O) groups excluding carboxylic acids is 2. The minimum Gasteiger partial charge on any atom is -0.453 e. The van der Waals surface area contributed by atoms with Gasteiger partial charge in [0.05, 0.1) is 0 Å². The molecule has 0 atom stereocenters. The molecule has 4 heteroatoms. The SMILES string of the molecule is O=C(OCC(=O)C12CC3CC(CC(C3)C1)C2)c1cc2c(s1)CCCC2. The average Bonchev–Trinajstić information content (AvgIpc) is 3.02. The summed E-state index contributed by atoms with van der Waals surface area (Å²) in [7, 11) is 0. The van der Waals surface area contributed by atoms with Gasteiger partial charge in [-0.05, 0) is 93.6 Å². The quantitative estimate of drug-likeness (QED) is 0.741. The van der Waals surface area contributed by atoms with Gasteiger partial charge < -0.3 is 4.74 Å². The monoisotopic (exact) mass is 358 g/mol. The molecular formula is C21H26O3S. The highest BCUT2D eigenvalue weighted by Crippen LogP contribution is 2.60. The van der Waals surface area contributed by atoms with Crippen LogP contribution in [0.15, 0.2) is 6.07 Å². The van der Waals surface area contributed by atoms with Crippen LogP contribution in [0.3, 0.4) is 0 Å². The van der Waals surface area contributed by atoms with Gasteiger partial charge in [0.2, 0.25) is 0 Å². The molecule has 0 radical (unpaired) electrons. The summed E-state index contributed by atoms with van der Waals surface area (Å²) in [4.78, 5) is 27.4. The van der Waals surface area contributed by atoms with Gasteiger partial charge in [-0.3, -0.25) is 4.79 Å². The summed E-state index contributed by atoms with van der Waals surface area (Å²) < 4.78 is 5.48. The van der Waals surface area contributed by atoms with E-state index in [0.29, 0.717) is 4.88 Å². The van der Waals surface area contributed by atoms with E-state index in [1.165, 1.54) is 42.5 Å². The first-order chi connectivity index (χ1) is 12.1. The fourth-order valence-corrected chi connectivity index (χ4v) is 7.55. The first-order valence-corrected chi connectivity index (χ1v) is 10.7. The number of hydrogen-bond acceptors (Lipinski definition) is 4. The molecule has 3 nitrogen and oxygen atoms in total. The number of esters is 1. The molecule has 0 spiro atoms.